The molecule has 1 aromatic heterocycles. The number of amides is 1. The van der Waals surface area contributed by atoms with Gasteiger partial charge in [-0.2, -0.15) is 13.2 Å². The highest BCUT2D eigenvalue weighted by Crippen LogP contribution is 2.29. The number of anilines is 1. The van der Waals surface area contributed by atoms with Crippen LogP contribution in [0.25, 0.3) is 0 Å². The van der Waals surface area contributed by atoms with Crippen LogP contribution in [0.15, 0.2) is 60.9 Å². The molecule has 0 unspecified atom stereocenters. The summed E-state index contributed by atoms with van der Waals surface area (Å²) in [5.74, 6) is 5.43. The second-order valence-electron chi connectivity index (χ2n) is 6.04. The number of carbonyl (C=O) groups is 1. The van der Waals surface area contributed by atoms with Crippen molar-refractivity contribution >= 4 is 11.9 Å². The normalized spacial score (nSPS) is 10.7. The van der Waals surface area contributed by atoms with Gasteiger partial charge in [0.05, 0.1) is 11.1 Å². The number of nitrogen functional groups attached to an aromatic ring is 1. The van der Waals surface area contributed by atoms with Gasteiger partial charge >= 0.3 is 6.18 Å². The highest BCUT2D eigenvalue weighted by atomic mass is 19.4. The fourth-order valence-electron chi connectivity index (χ4n) is 2.43. The van der Waals surface area contributed by atoms with Crippen LogP contribution in [-0.4, -0.2) is 15.9 Å². The van der Waals surface area contributed by atoms with Crippen LogP contribution >= 0.6 is 0 Å². The summed E-state index contributed by atoms with van der Waals surface area (Å²) in [4.78, 5) is 19.9. The van der Waals surface area contributed by atoms with Gasteiger partial charge in [0.2, 0.25) is 5.95 Å². The zero-order chi connectivity index (χ0) is 20.9. The van der Waals surface area contributed by atoms with Crippen LogP contribution in [0.5, 0.6) is 0 Å². The number of aromatic nitrogens is 2. The van der Waals surface area contributed by atoms with E-state index < -0.39 is 17.6 Å². The SMILES string of the molecule is Nc1ncc(C#Cc2cccc(CNC(=O)c3cccc(C(F)(F)F)c3)c2)cn1. The summed E-state index contributed by atoms with van der Waals surface area (Å²) in [6.07, 6.45) is -1.48. The molecule has 0 saturated heterocycles. The topological polar surface area (TPSA) is 80.9 Å². The van der Waals surface area contributed by atoms with Gasteiger partial charge in [0.15, 0.2) is 0 Å². The smallest absolute Gasteiger partial charge is 0.368 e. The van der Waals surface area contributed by atoms with Gasteiger partial charge < -0.3 is 11.1 Å². The lowest BCUT2D eigenvalue weighted by Crippen LogP contribution is -2.23. The Balaban J connectivity index is 1.67. The van der Waals surface area contributed by atoms with Gasteiger partial charge in [-0.25, -0.2) is 9.97 Å². The third kappa shape index (κ3) is 5.56. The summed E-state index contributed by atoms with van der Waals surface area (Å²) in [5, 5.41) is 2.61. The molecular formula is C21H15F3N4O. The van der Waals surface area contributed by atoms with Gasteiger partial charge in [0, 0.05) is 30.1 Å². The molecule has 0 aliphatic heterocycles. The number of rotatable bonds is 3. The Labute approximate surface area is 164 Å². The van der Waals surface area contributed by atoms with Crippen LogP contribution in [-0.2, 0) is 12.7 Å². The second-order valence-corrected chi connectivity index (χ2v) is 6.04. The maximum absolute atomic E-state index is 12.8. The van der Waals surface area contributed by atoms with E-state index in [-0.39, 0.29) is 18.1 Å². The molecule has 0 bridgehead atoms. The standard InChI is InChI=1S/C21H15F3N4O/c22-21(23,24)18-6-2-5-17(10-18)19(29)26-11-15-4-1-3-14(9-15)7-8-16-12-27-20(25)28-13-16/h1-6,9-10,12-13H,11H2,(H,26,29)(H2,25,27,28). The molecule has 2 aromatic carbocycles. The van der Waals surface area contributed by atoms with E-state index in [0.29, 0.717) is 11.1 Å². The van der Waals surface area contributed by atoms with E-state index in [2.05, 4.69) is 27.1 Å². The van der Waals surface area contributed by atoms with Crippen molar-refractivity contribution in [3.05, 3.63) is 88.7 Å². The highest BCUT2D eigenvalue weighted by Gasteiger charge is 2.30. The number of hydrogen-bond donors (Lipinski definition) is 2. The molecule has 1 heterocycles. The zero-order valence-corrected chi connectivity index (χ0v) is 15.0. The molecule has 0 saturated carbocycles. The number of alkyl halides is 3. The number of nitrogens with zero attached hydrogens (tertiary/aromatic N) is 2. The van der Waals surface area contributed by atoms with E-state index >= 15 is 0 Å². The number of nitrogens with two attached hydrogens (primary N) is 1. The third-order valence-electron chi connectivity index (χ3n) is 3.86. The maximum atomic E-state index is 12.8. The first-order valence-corrected chi connectivity index (χ1v) is 8.45. The van der Waals surface area contributed by atoms with Crippen LogP contribution < -0.4 is 11.1 Å². The lowest BCUT2D eigenvalue weighted by atomic mass is 10.1. The van der Waals surface area contributed by atoms with Crippen molar-refractivity contribution in [2.75, 3.05) is 5.73 Å². The molecule has 0 fully saturated rings. The fraction of sp³-hybridized carbons (Fsp3) is 0.0952. The Hall–Kier alpha value is -3.86. The van der Waals surface area contributed by atoms with Gasteiger partial charge in [-0.05, 0) is 35.9 Å². The molecule has 1 amide bonds. The largest absolute Gasteiger partial charge is 0.416 e. The van der Waals surface area contributed by atoms with E-state index in [0.717, 1.165) is 17.7 Å². The highest BCUT2D eigenvalue weighted by molar-refractivity contribution is 5.94. The number of halogens is 3. The second kappa shape index (κ2) is 8.44. The van der Waals surface area contributed by atoms with Crippen molar-refractivity contribution in [3.8, 4) is 11.8 Å². The Bertz CT molecular complexity index is 1080. The summed E-state index contributed by atoms with van der Waals surface area (Å²) < 4.78 is 38.3. The summed E-state index contributed by atoms with van der Waals surface area (Å²) in [7, 11) is 0. The molecular weight excluding hydrogens is 381 g/mol. The van der Waals surface area contributed by atoms with Gasteiger partial charge in [0.1, 0.15) is 0 Å². The van der Waals surface area contributed by atoms with Gasteiger partial charge in [0.25, 0.3) is 5.91 Å². The van der Waals surface area contributed by atoms with E-state index in [9.17, 15) is 18.0 Å². The van der Waals surface area contributed by atoms with Gasteiger partial charge in [-0.1, -0.05) is 30.0 Å². The zero-order valence-electron chi connectivity index (χ0n) is 15.0. The van der Waals surface area contributed by atoms with Crippen LogP contribution in [0.3, 0.4) is 0 Å². The monoisotopic (exact) mass is 396 g/mol. The number of benzene rings is 2. The lowest BCUT2D eigenvalue weighted by molar-refractivity contribution is -0.137. The third-order valence-corrected chi connectivity index (χ3v) is 3.86. The quantitative estimate of drug-likeness (QED) is 0.665. The predicted octanol–water partition coefficient (Wildman–Crippen LogP) is 3.41. The van der Waals surface area contributed by atoms with E-state index in [1.54, 1.807) is 24.3 Å². The number of hydrogen-bond acceptors (Lipinski definition) is 4. The molecule has 0 spiro atoms. The molecule has 8 heteroatoms. The lowest BCUT2D eigenvalue weighted by Gasteiger charge is -2.09. The van der Waals surface area contributed by atoms with Crippen molar-refractivity contribution in [1.82, 2.24) is 15.3 Å². The van der Waals surface area contributed by atoms with Crippen LogP contribution in [0, 0.1) is 11.8 Å². The van der Waals surface area contributed by atoms with Crippen LogP contribution in [0.1, 0.15) is 32.6 Å². The summed E-state index contributed by atoms with van der Waals surface area (Å²) >= 11 is 0. The van der Waals surface area contributed by atoms with Crippen LogP contribution in [0.2, 0.25) is 0 Å². The van der Waals surface area contributed by atoms with Crippen LogP contribution in [0.4, 0.5) is 19.1 Å². The Morgan fingerprint density at radius 1 is 1.00 bits per heavy atom. The first-order chi connectivity index (χ1) is 13.8. The fourth-order valence-corrected chi connectivity index (χ4v) is 2.43. The average molecular weight is 396 g/mol. The molecule has 0 aliphatic rings. The van der Waals surface area contributed by atoms with Crippen molar-refractivity contribution < 1.29 is 18.0 Å². The molecule has 0 atom stereocenters. The first-order valence-electron chi connectivity index (χ1n) is 8.45. The van der Waals surface area contributed by atoms with Crippen molar-refractivity contribution in [3.63, 3.8) is 0 Å². The molecule has 0 radical (unpaired) electrons. The minimum atomic E-state index is -4.50. The molecule has 3 rings (SSSR count). The van der Waals surface area contributed by atoms with E-state index in [4.69, 9.17) is 5.73 Å². The van der Waals surface area contributed by atoms with Gasteiger partial charge in [-0.3, -0.25) is 4.79 Å². The summed E-state index contributed by atoms with van der Waals surface area (Å²) in [6.45, 7) is 0.148. The summed E-state index contributed by atoms with van der Waals surface area (Å²) in [6, 6.07) is 11.4. The maximum Gasteiger partial charge on any atom is 0.416 e. The molecule has 5 nitrogen and oxygen atoms in total. The Morgan fingerprint density at radius 3 is 2.41 bits per heavy atom. The Morgan fingerprint density at radius 2 is 1.69 bits per heavy atom. The molecule has 3 N–H and O–H groups in total. The van der Waals surface area contributed by atoms with E-state index in [1.165, 1.54) is 24.5 Å². The van der Waals surface area contributed by atoms with Crippen molar-refractivity contribution in [1.29, 1.82) is 0 Å². The first kappa shape index (κ1) is 19.9. The molecule has 146 valence electrons. The van der Waals surface area contributed by atoms with Gasteiger partial charge in [-0.15, -0.1) is 0 Å². The number of carbonyl (C=O) groups excluding carboxylic acids is 1. The molecule has 3 aromatic rings. The average Bonchev–Trinajstić information content (AvgIpc) is 2.71. The van der Waals surface area contributed by atoms with Crippen molar-refractivity contribution in [2.45, 2.75) is 12.7 Å². The van der Waals surface area contributed by atoms with E-state index in [1.807, 2.05) is 0 Å². The Kier molecular flexibility index (Phi) is 5.79. The minimum absolute atomic E-state index is 0.0564. The number of nitrogens with one attached hydrogen (secondary N) is 1. The van der Waals surface area contributed by atoms with Crippen molar-refractivity contribution in [2.24, 2.45) is 0 Å². The molecule has 29 heavy (non-hydrogen) atoms. The summed E-state index contributed by atoms with van der Waals surface area (Å²) in [5.41, 5.74) is 6.56. The minimum Gasteiger partial charge on any atom is -0.368 e. The molecule has 0 aliphatic carbocycles. The predicted molar refractivity (Wildman–Crippen MR) is 101 cm³/mol.